The van der Waals surface area contributed by atoms with Crippen molar-refractivity contribution in [1.29, 1.82) is 0 Å². The molecule has 0 saturated heterocycles. The van der Waals surface area contributed by atoms with Gasteiger partial charge < -0.3 is 10.2 Å². The standard InChI is InChI=1S/C22H24F2N6O2/c1-13(2)19(27-21(32)15-10-25-22(26-11-15)29(3)4)12-30-20(31)8-7-18(28-30)14-5-6-16(23)17(24)9-14/h5-11,13,19H,12H2,1-4H3,(H,27,32)/t19-/m1/s1. The van der Waals surface area contributed by atoms with Crippen molar-refractivity contribution in [1.82, 2.24) is 25.1 Å². The van der Waals surface area contributed by atoms with E-state index in [0.29, 0.717) is 17.2 Å². The normalized spacial score (nSPS) is 12.0. The fourth-order valence-electron chi connectivity index (χ4n) is 2.92. The van der Waals surface area contributed by atoms with Crippen molar-refractivity contribution in [3.05, 3.63) is 70.3 Å². The number of nitrogens with zero attached hydrogens (tertiary/aromatic N) is 5. The Hall–Kier alpha value is -3.69. The molecule has 0 aliphatic heterocycles. The first-order chi connectivity index (χ1) is 15.2. The van der Waals surface area contributed by atoms with Gasteiger partial charge in [-0.05, 0) is 30.2 Å². The summed E-state index contributed by atoms with van der Waals surface area (Å²) in [7, 11) is 3.59. The van der Waals surface area contributed by atoms with Gasteiger partial charge in [0.2, 0.25) is 5.95 Å². The second kappa shape index (κ2) is 9.63. The summed E-state index contributed by atoms with van der Waals surface area (Å²) in [5, 5.41) is 7.17. The van der Waals surface area contributed by atoms with E-state index < -0.39 is 17.7 Å². The van der Waals surface area contributed by atoms with Gasteiger partial charge in [-0.3, -0.25) is 9.59 Å². The maximum absolute atomic E-state index is 13.6. The lowest BCUT2D eigenvalue weighted by atomic mass is 10.0. The number of hydrogen-bond acceptors (Lipinski definition) is 6. The van der Waals surface area contributed by atoms with Crippen molar-refractivity contribution >= 4 is 11.9 Å². The van der Waals surface area contributed by atoms with Crippen molar-refractivity contribution in [2.24, 2.45) is 5.92 Å². The van der Waals surface area contributed by atoms with Crippen molar-refractivity contribution in [2.45, 2.75) is 26.4 Å². The first kappa shape index (κ1) is 23.0. The molecule has 0 radical (unpaired) electrons. The van der Waals surface area contributed by atoms with E-state index in [2.05, 4.69) is 20.4 Å². The number of carbonyl (C=O) groups is 1. The van der Waals surface area contributed by atoms with E-state index in [1.165, 1.54) is 35.3 Å². The number of benzene rings is 1. The van der Waals surface area contributed by atoms with Gasteiger partial charge in [0.1, 0.15) is 0 Å². The molecule has 0 unspecified atom stereocenters. The molecule has 168 valence electrons. The summed E-state index contributed by atoms with van der Waals surface area (Å²) in [5.41, 5.74) is 0.554. The highest BCUT2D eigenvalue weighted by atomic mass is 19.2. The SMILES string of the molecule is CC(C)[C@@H](Cn1nc(-c2ccc(F)c(F)c2)ccc1=O)NC(=O)c1cnc(N(C)C)nc1. The second-order valence-electron chi connectivity index (χ2n) is 7.86. The molecule has 0 aliphatic carbocycles. The molecule has 0 saturated carbocycles. The molecule has 1 aromatic carbocycles. The zero-order valence-electron chi connectivity index (χ0n) is 18.2. The number of carbonyl (C=O) groups excluding carboxylic acids is 1. The van der Waals surface area contributed by atoms with E-state index >= 15 is 0 Å². The average molecular weight is 442 g/mol. The van der Waals surface area contributed by atoms with Crippen LogP contribution in [0.25, 0.3) is 11.3 Å². The van der Waals surface area contributed by atoms with Crippen LogP contribution in [-0.4, -0.2) is 45.8 Å². The van der Waals surface area contributed by atoms with Gasteiger partial charge in [0.15, 0.2) is 11.6 Å². The number of anilines is 1. The highest BCUT2D eigenvalue weighted by molar-refractivity contribution is 5.93. The number of hydrogen-bond donors (Lipinski definition) is 1. The number of amides is 1. The van der Waals surface area contributed by atoms with E-state index in [-0.39, 0.29) is 29.5 Å². The summed E-state index contributed by atoms with van der Waals surface area (Å²) in [5.74, 6) is -1.89. The molecule has 0 aliphatic rings. The van der Waals surface area contributed by atoms with Gasteiger partial charge in [-0.1, -0.05) is 13.8 Å². The second-order valence-corrected chi connectivity index (χ2v) is 7.86. The fourth-order valence-corrected chi connectivity index (χ4v) is 2.92. The van der Waals surface area contributed by atoms with Crippen LogP contribution >= 0.6 is 0 Å². The van der Waals surface area contributed by atoms with Crippen LogP contribution in [0.15, 0.2) is 47.5 Å². The molecule has 3 rings (SSSR count). The Balaban J connectivity index is 1.81. The molecule has 0 fully saturated rings. The van der Waals surface area contributed by atoms with E-state index in [4.69, 9.17) is 0 Å². The van der Waals surface area contributed by atoms with E-state index in [0.717, 1.165) is 12.1 Å². The predicted molar refractivity (Wildman–Crippen MR) is 116 cm³/mol. The Morgan fingerprint density at radius 2 is 1.78 bits per heavy atom. The minimum absolute atomic E-state index is 0.0264. The van der Waals surface area contributed by atoms with E-state index in [1.54, 1.807) is 19.0 Å². The summed E-state index contributed by atoms with van der Waals surface area (Å²) in [6, 6.07) is 5.72. The van der Waals surface area contributed by atoms with Crippen LogP contribution in [0.5, 0.6) is 0 Å². The summed E-state index contributed by atoms with van der Waals surface area (Å²) < 4.78 is 28.0. The Bertz CT molecular complexity index is 1160. The van der Waals surface area contributed by atoms with Crippen molar-refractivity contribution in [3.8, 4) is 11.3 Å². The Morgan fingerprint density at radius 3 is 2.38 bits per heavy atom. The average Bonchev–Trinajstić information content (AvgIpc) is 2.76. The van der Waals surface area contributed by atoms with Crippen molar-refractivity contribution < 1.29 is 13.6 Å². The Labute approximate surface area is 183 Å². The third-order valence-corrected chi connectivity index (χ3v) is 4.87. The van der Waals surface area contributed by atoms with Gasteiger partial charge in [-0.15, -0.1) is 0 Å². The highest BCUT2D eigenvalue weighted by Gasteiger charge is 2.20. The maximum Gasteiger partial charge on any atom is 0.266 e. The van der Waals surface area contributed by atoms with Crippen LogP contribution < -0.4 is 15.8 Å². The van der Waals surface area contributed by atoms with Crippen molar-refractivity contribution in [3.63, 3.8) is 0 Å². The lowest BCUT2D eigenvalue weighted by Gasteiger charge is -2.23. The zero-order chi connectivity index (χ0) is 23.4. The van der Waals surface area contributed by atoms with E-state index in [9.17, 15) is 18.4 Å². The number of aromatic nitrogens is 4. The molecule has 32 heavy (non-hydrogen) atoms. The minimum Gasteiger partial charge on any atom is -0.347 e. The van der Waals surface area contributed by atoms with Crippen LogP contribution in [0.4, 0.5) is 14.7 Å². The molecule has 2 heterocycles. The largest absolute Gasteiger partial charge is 0.347 e. The first-order valence-corrected chi connectivity index (χ1v) is 9.99. The molecular formula is C22H24F2N6O2. The van der Waals surface area contributed by atoms with Crippen LogP contribution in [0.1, 0.15) is 24.2 Å². The van der Waals surface area contributed by atoms with Gasteiger partial charge in [-0.25, -0.2) is 23.4 Å². The molecule has 10 heteroatoms. The summed E-state index contributed by atoms with van der Waals surface area (Å²) in [4.78, 5) is 35.0. The van der Waals surface area contributed by atoms with Gasteiger partial charge >= 0.3 is 0 Å². The molecule has 0 bridgehead atoms. The molecular weight excluding hydrogens is 418 g/mol. The summed E-state index contributed by atoms with van der Waals surface area (Å²) >= 11 is 0. The number of nitrogens with one attached hydrogen (secondary N) is 1. The first-order valence-electron chi connectivity index (χ1n) is 9.99. The molecule has 1 N–H and O–H groups in total. The number of halogens is 2. The molecule has 8 nitrogen and oxygen atoms in total. The molecule has 3 aromatic rings. The van der Waals surface area contributed by atoms with Crippen LogP contribution in [0.3, 0.4) is 0 Å². The van der Waals surface area contributed by atoms with Crippen LogP contribution in [-0.2, 0) is 6.54 Å². The summed E-state index contributed by atoms with van der Waals surface area (Å²) in [6.45, 7) is 3.90. The third kappa shape index (κ3) is 5.32. The number of rotatable bonds is 7. The monoisotopic (exact) mass is 442 g/mol. The maximum atomic E-state index is 13.6. The highest BCUT2D eigenvalue weighted by Crippen LogP contribution is 2.18. The van der Waals surface area contributed by atoms with Gasteiger partial charge in [0, 0.05) is 38.1 Å². The van der Waals surface area contributed by atoms with Gasteiger partial charge in [0.05, 0.1) is 23.8 Å². The lowest BCUT2D eigenvalue weighted by Crippen LogP contribution is -2.44. The van der Waals surface area contributed by atoms with Gasteiger partial charge in [0.25, 0.3) is 11.5 Å². The lowest BCUT2D eigenvalue weighted by molar-refractivity contribution is 0.0918. The quantitative estimate of drug-likeness (QED) is 0.604. The smallest absolute Gasteiger partial charge is 0.266 e. The summed E-state index contributed by atoms with van der Waals surface area (Å²) in [6.07, 6.45) is 2.87. The zero-order valence-corrected chi connectivity index (χ0v) is 18.2. The third-order valence-electron chi connectivity index (χ3n) is 4.87. The van der Waals surface area contributed by atoms with Crippen LogP contribution in [0.2, 0.25) is 0 Å². The van der Waals surface area contributed by atoms with Gasteiger partial charge in [-0.2, -0.15) is 5.10 Å². The molecule has 1 amide bonds. The minimum atomic E-state index is -1.00. The fraction of sp³-hybridized carbons (Fsp3) is 0.318. The molecule has 0 spiro atoms. The Morgan fingerprint density at radius 1 is 1.09 bits per heavy atom. The van der Waals surface area contributed by atoms with Crippen LogP contribution in [0, 0.1) is 17.6 Å². The van der Waals surface area contributed by atoms with Crippen molar-refractivity contribution in [2.75, 3.05) is 19.0 Å². The Kier molecular flexibility index (Phi) is 6.92. The molecule has 1 atom stereocenters. The molecule has 2 aromatic heterocycles. The topological polar surface area (TPSA) is 93.0 Å². The van der Waals surface area contributed by atoms with E-state index in [1.807, 2.05) is 13.8 Å². The predicted octanol–water partition coefficient (Wildman–Crippen LogP) is 2.50.